The standard InChI is InChI=1S/C15H10ClN3O/c16-10-6-5-9(8-17)13(7-10)18-14-11-3-1-2-4-12(11)19-15(14)20/h1-7,14,18H,(H,19,20). The molecule has 0 aliphatic carbocycles. The number of carbonyl (C=O) groups is 1. The topological polar surface area (TPSA) is 64.9 Å². The molecule has 20 heavy (non-hydrogen) atoms. The molecule has 2 aromatic rings. The smallest absolute Gasteiger partial charge is 0.251 e. The Morgan fingerprint density at radius 3 is 2.85 bits per heavy atom. The van der Waals surface area contributed by atoms with E-state index in [2.05, 4.69) is 16.7 Å². The minimum absolute atomic E-state index is 0.143. The van der Waals surface area contributed by atoms with Gasteiger partial charge in [0.1, 0.15) is 12.1 Å². The molecule has 2 N–H and O–H groups in total. The summed E-state index contributed by atoms with van der Waals surface area (Å²) in [5.74, 6) is -0.143. The maximum absolute atomic E-state index is 12.0. The zero-order valence-electron chi connectivity index (χ0n) is 10.4. The van der Waals surface area contributed by atoms with Crippen molar-refractivity contribution in [1.82, 2.24) is 0 Å². The number of nitriles is 1. The van der Waals surface area contributed by atoms with Crippen molar-refractivity contribution in [2.45, 2.75) is 6.04 Å². The first-order chi connectivity index (χ1) is 9.69. The van der Waals surface area contributed by atoms with E-state index in [1.165, 1.54) is 0 Å². The highest BCUT2D eigenvalue weighted by atomic mass is 35.5. The molecule has 1 amide bonds. The number of anilines is 2. The molecule has 0 bridgehead atoms. The number of hydrogen-bond acceptors (Lipinski definition) is 3. The minimum atomic E-state index is -0.517. The summed E-state index contributed by atoms with van der Waals surface area (Å²) in [6.07, 6.45) is 0. The average molecular weight is 284 g/mol. The van der Waals surface area contributed by atoms with E-state index in [1.807, 2.05) is 24.3 Å². The molecule has 1 unspecified atom stereocenters. The second kappa shape index (κ2) is 4.87. The molecule has 0 aromatic heterocycles. The Hall–Kier alpha value is -2.51. The quantitative estimate of drug-likeness (QED) is 0.888. The largest absolute Gasteiger partial charge is 0.369 e. The summed E-state index contributed by atoms with van der Waals surface area (Å²) in [7, 11) is 0. The highest BCUT2D eigenvalue weighted by Crippen LogP contribution is 2.34. The van der Waals surface area contributed by atoms with Gasteiger partial charge >= 0.3 is 0 Å². The third-order valence-corrected chi connectivity index (χ3v) is 3.43. The lowest BCUT2D eigenvalue weighted by Gasteiger charge is -2.14. The van der Waals surface area contributed by atoms with Gasteiger partial charge in [-0.2, -0.15) is 5.26 Å². The number of fused-ring (bicyclic) bond motifs is 1. The van der Waals surface area contributed by atoms with Crippen molar-refractivity contribution in [3.63, 3.8) is 0 Å². The number of para-hydroxylation sites is 1. The van der Waals surface area contributed by atoms with E-state index in [-0.39, 0.29) is 5.91 Å². The second-order valence-electron chi connectivity index (χ2n) is 4.46. The predicted molar refractivity (Wildman–Crippen MR) is 77.6 cm³/mol. The van der Waals surface area contributed by atoms with Crippen molar-refractivity contribution < 1.29 is 4.79 Å². The summed E-state index contributed by atoms with van der Waals surface area (Å²) < 4.78 is 0. The summed E-state index contributed by atoms with van der Waals surface area (Å²) >= 11 is 5.95. The molecule has 0 spiro atoms. The SMILES string of the molecule is N#Cc1ccc(Cl)cc1NC1C(=O)Nc2ccccc21. The Morgan fingerprint density at radius 2 is 2.05 bits per heavy atom. The van der Waals surface area contributed by atoms with Gasteiger partial charge in [-0.3, -0.25) is 4.79 Å². The minimum Gasteiger partial charge on any atom is -0.369 e. The first kappa shape index (κ1) is 12.5. The molecule has 4 nitrogen and oxygen atoms in total. The van der Waals surface area contributed by atoms with Crippen LogP contribution in [0.5, 0.6) is 0 Å². The first-order valence-electron chi connectivity index (χ1n) is 6.05. The van der Waals surface area contributed by atoms with E-state index in [0.717, 1.165) is 11.3 Å². The van der Waals surface area contributed by atoms with Gasteiger partial charge in [0, 0.05) is 16.3 Å². The fraction of sp³-hybridized carbons (Fsp3) is 0.0667. The summed E-state index contributed by atoms with van der Waals surface area (Å²) in [6, 6.07) is 13.9. The Labute approximate surface area is 121 Å². The van der Waals surface area contributed by atoms with Gasteiger partial charge in [-0.05, 0) is 24.3 Å². The molecule has 1 aliphatic rings. The number of nitrogens with zero attached hydrogens (tertiary/aromatic N) is 1. The van der Waals surface area contributed by atoms with Crippen molar-refractivity contribution in [3.05, 3.63) is 58.6 Å². The number of hydrogen-bond donors (Lipinski definition) is 2. The molecule has 5 heteroatoms. The predicted octanol–water partition coefficient (Wildman–Crippen LogP) is 3.32. The zero-order chi connectivity index (χ0) is 14.1. The third-order valence-electron chi connectivity index (χ3n) is 3.19. The van der Waals surface area contributed by atoms with Crippen molar-refractivity contribution in [1.29, 1.82) is 5.26 Å². The number of nitrogens with one attached hydrogen (secondary N) is 2. The van der Waals surface area contributed by atoms with Gasteiger partial charge in [0.05, 0.1) is 11.3 Å². The molecule has 2 aromatic carbocycles. The van der Waals surface area contributed by atoms with Crippen LogP contribution >= 0.6 is 11.6 Å². The van der Waals surface area contributed by atoms with Crippen LogP contribution in [0, 0.1) is 11.3 Å². The fourth-order valence-corrected chi connectivity index (χ4v) is 2.41. The van der Waals surface area contributed by atoms with E-state index in [0.29, 0.717) is 16.3 Å². The van der Waals surface area contributed by atoms with Gasteiger partial charge in [0.2, 0.25) is 0 Å². The van der Waals surface area contributed by atoms with Crippen LogP contribution in [0.4, 0.5) is 11.4 Å². The van der Waals surface area contributed by atoms with E-state index >= 15 is 0 Å². The van der Waals surface area contributed by atoms with E-state index in [9.17, 15) is 4.79 Å². The molecule has 0 fully saturated rings. The van der Waals surface area contributed by atoms with E-state index in [1.54, 1.807) is 18.2 Å². The Balaban J connectivity index is 1.98. The van der Waals surface area contributed by atoms with Crippen LogP contribution in [0.15, 0.2) is 42.5 Å². The van der Waals surface area contributed by atoms with Crippen LogP contribution in [-0.2, 0) is 4.79 Å². The number of amides is 1. The number of benzene rings is 2. The van der Waals surface area contributed by atoms with Crippen molar-refractivity contribution in [3.8, 4) is 6.07 Å². The van der Waals surface area contributed by atoms with Gasteiger partial charge in [0.15, 0.2) is 0 Å². The highest BCUT2D eigenvalue weighted by molar-refractivity contribution is 6.30. The van der Waals surface area contributed by atoms with E-state index < -0.39 is 6.04 Å². The van der Waals surface area contributed by atoms with Gasteiger partial charge in [-0.15, -0.1) is 0 Å². The average Bonchev–Trinajstić information content (AvgIpc) is 2.76. The Kier molecular flexibility index (Phi) is 3.05. The van der Waals surface area contributed by atoms with Crippen LogP contribution in [0.25, 0.3) is 0 Å². The molecule has 0 saturated carbocycles. The lowest BCUT2D eigenvalue weighted by Crippen LogP contribution is -2.20. The monoisotopic (exact) mass is 283 g/mol. The first-order valence-corrected chi connectivity index (χ1v) is 6.43. The molecule has 0 saturated heterocycles. The third kappa shape index (κ3) is 2.09. The number of halogens is 1. The summed E-state index contributed by atoms with van der Waals surface area (Å²) in [4.78, 5) is 12.0. The van der Waals surface area contributed by atoms with E-state index in [4.69, 9.17) is 16.9 Å². The maximum Gasteiger partial charge on any atom is 0.251 e. The summed E-state index contributed by atoms with van der Waals surface area (Å²) in [5, 5.41) is 15.5. The molecule has 3 rings (SSSR count). The van der Waals surface area contributed by atoms with Crippen LogP contribution in [0.2, 0.25) is 5.02 Å². The lowest BCUT2D eigenvalue weighted by molar-refractivity contribution is -0.116. The molecule has 98 valence electrons. The highest BCUT2D eigenvalue weighted by Gasteiger charge is 2.30. The normalized spacial score (nSPS) is 16.2. The van der Waals surface area contributed by atoms with Crippen molar-refractivity contribution >= 4 is 28.9 Å². The Morgan fingerprint density at radius 1 is 1.25 bits per heavy atom. The molecule has 0 radical (unpaired) electrons. The molecular formula is C15H10ClN3O. The van der Waals surface area contributed by atoms with Gasteiger partial charge in [-0.25, -0.2) is 0 Å². The summed E-state index contributed by atoms with van der Waals surface area (Å²) in [5.41, 5.74) is 2.65. The lowest BCUT2D eigenvalue weighted by atomic mass is 10.1. The number of carbonyl (C=O) groups excluding carboxylic acids is 1. The molecular weight excluding hydrogens is 274 g/mol. The zero-order valence-corrected chi connectivity index (χ0v) is 11.1. The van der Waals surface area contributed by atoms with Gasteiger partial charge < -0.3 is 10.6 Å². The number of rotatable bonds is 2. The Bertz CT molecular complexity index is 736. The van der Waals surface area contributed by atoms with Crippen LogP contribution in [-0.4, -0.2) is 5.91 Å². The second-order valence-corrected chi connectivity index (χ2v) is 4.89. The molecule has 1 heterocycles. The van der Waals surface area contributed by atoms with Crippen LogP contribution in [0.3, 0.4) is 0 Å². The van der Waals surface area contributed by atoms with Crippen LogP contribution in [0.1, 0.15) is 17.2 Å². The summed E-state index contributed by atoms with van der Waals surface area (Å²) in [6.45, 7) is 0. The van der Waals surface area contributed by atoms with Gasteiger partial charge in [-0.1, -0.05) is 29.8 Å². The molecule has 1 aliphatic heterocycles. The van der Waals surface area contributed by atoms with Crippen molar-refractivity contribution in [2.75, 3.05) is 10.6 Å². The van der Waals surface area contributed by atoms with Crippen molar-refractivity contribution in [2.24, 2.45) is 0 Å². The maximum atomic E-state index is 12.0. The van der Waals surface area contributed by atoms with Gasteiger partial charge in [0.25, 0.3) is 5.91 Å². The fourth-order valence-electron chi connectivity index (χ4n) is 2.24. The van der Waals surface area contributed by atoms with Crippen LogP contribution < -0.4 is 10.6 Å². The molecule has 1 atom stereocenters.